The highest BCUT2D eigenvalue weighted by molar-refractivity contribution is 14.1. The van der Waals surface area contributed by atoms with Gasteiger partial charge in [-0.3, -0.25) is 14.4 Å². The minimum Gasteiger partial charge on any atom is -0.481 e. The number of rotatable bonds is 9. The van der Waals surface area contributed by atoms with Crippen molar-refractivity contribution in [3.05, 3.63) is 59.7 Å². The highest BCUT2D eigenvalue weighted by Gasteiger charge is 2.17. The lowest BCUT2D eigenvalue weighted by Crippen LogP contribution is -2.09. The maximum absolute atomic E-state index is 11.4. The molecule has 148 valence electrons. The zero-order chi connectivity index (χ0) is 20.5. The molecule has 0 aliphatic rings. The van der Waals surface area contributed by atoms with E-state index in [4.69, 9.17) is 14.6 Å². The molecule has 2 aromatic carbocycles. The predicted molar refractivity (Wildman–Crippen MR) is 121 cm³/mol. The summed E-state index contributed by atoms with van der Waals surface area (Å²) >= 11 is 3.86. The number of aliphatic carboxylic acids is 1. The van der Waals surface area contributed by atoms with Crippen LogP contribution in [0.15, 0.2) is 48.5 Å². The number of halogens is 2. The summed E-state index contributed by atoms with van der Waals surface area (Å²) in [6, 6.07) is 14.1. The lowest BCUT2D eigenvalue weighted by atomic mass is 9.87. The lowest BCUT2D eigenvalue weighted by Gasteiger charge is -2.18. The predicted octanol–water partition coefficient (Wildman–Crippen LogP) is 4.36. The van der Waals surface area contributed by atoms with E-state index < -0.39 is 5.97 Å². The Morgan fingerprint density at radius 2 is 1.18 bits per heavy atom. The van der Waals surface area contributed by atoms with Gasteiger partial charge >= 0.3 is 17.9 Å². The topological polar surface area (TPSA) is 89.9 Å². The smallest absolute Gasteiger partial charge is 0.321 e. The molecule has 1 N–H and O–H groups in total. The van der Waals surface area contributed by atoms with Crippen molar-refractivity contribution in [2.75, 3.05) is 8.86 Å². The second-order valence-electron chi connectivity index (χ2n) is 5.84. The second-order valence-corrected chi connectivity index (χ2v) is 7.36. The number of carbonyl (C=O) groups excluding carboxylic acids is 2. The average molecular weight is 608 g/mol. The van der Waals surface area contributed by atoms with Crippen LogP contribution in [0.5, 0.6) is 11.5 Å². The van der Waals surface area contributed by atoms with Crippen LogP contribution in [0.25, 0.3) is 0 Å². The van der Waals surface area contributed by atoms with Gasteiger partial charge in [0, 0.05) is 12.3 Å². The minimum absolute atomic E-state index is 0.0157. The van der Waals surface area contributed by atoms with Gasteiger partial charge in [-0.1, -0.05) is 69.4 Å². The van der Waals surface area contributed by atoms with Gasteiger partial charge in [0.15, 0.2) is 0 Å². The molecular weight excluding hydrogens is 590 g/mol. The monoisotopic (exact) mass is 608 g/mol. The van der Waals surface area contributed by atoms with Gasteiger partial charge < -0.3 is 14.6 Å². The molecular formula is C20H18I2O6. The molecule has 0 aliphatic carbocycles. The van der Waals surface area contributed by atoms with Crippen LogP contribution in [0.3, 0.4) is 0 Å². The van der Waals surface area contributed by atoms with Crippen LogP contribution in [0.1, 0.15) is 29.9 Å². The number of ether oxygens (including phenoxy) is 2. The Labute approximate surface area is 189 Å². The third-order valence-corrected chi connectivity index (χ3v) is 5.14. The second kappa shape index (κ2) is 11.3. The fourth-order valence-corrected chi connectivity index (χ4v) is 2.96. The van der Waals surface area contributed by atoms with Crippen molar-refractivity contribution in [1.29, 1.82) is 0 Å². The number of esters is 2. The lowest BCUT2D eigenvalue weighted by molar-refractivity contribution is -0.137. The molecule has 28 heavy (non-hydrogen) atoms. The molecule has 0 saturated carbocycles. The third-order valence-electron chi connectivity index (χ3n) is 3.89. The summed E-state index contributed by atoms with van der Waals surface area (Å²) < 4.78 is 10.9. The largest absolute Gasteiger partial charge is 0.481 e. The van der Waals surface area contributed by atoms with Crippen LogP contribution in [-0.4, -0.2) is 31.9 Å². The Balaban J connectivity index is 2.22. The number of benzene rings is 2. The van der Waals surface area contributed by atoms with Crippen LogP contribution >= 0.6 is 45.2 Å². The number of carboxylic acids is 1. The molecule has 0 unspecified atom stereocenters. The van der Waals surface area contributed by atoms with Gasteiger partial charge in [-0.15, -0.1) is 0 Å². The summed E-state index contributed by atoms with van der Waals surface area (Å²) in [7, 11) is 0. The van der Waals surface area contributed by atoms with Gasteiger partial charge in [0.2, 0.25) is 0 Å². The first-order valence-corrected chi connectivity index (χ1v) is 11.4. The number of carboxylic acid groups (broad SMARTS) is 1. The molecule has 8 heteroatoms. The summed E-state index contributed by atoms with van der Waals surface area (Å²) in [6.45, 7) is 0. The Morgan fingerprint density at radius 3 is 1.50 bits per heavy atom. The molecule has 0 aromatic heterocycles. The zero-order valence-electron chi connectivity index (χ0n) is 14.8. The van der Waals surface area contributed by atoms with Crippen LogP contribution in [0, 0.1) is 0 Å². The molecule has 0 saturated heterocycles. The van der Waals surface area contributed by atoms with Crippen LogP contribution in [0.4, 0.5) is 0 Å². The Kier molecular flexibility index (Phi) is 9.16. The molecule has 0 aliphatic heterocycles. The fraction of sp³-hybridized carbons (Fsp3) is 0.250. The maximum Gasteiger partial charge on any atom is 0.321 e. The van der Waals surface area contributed by atoms with Gasteiger partial charge in [0.1, 0.15) is 11.5 Å². The summed E-state index contributed by atoms with van der Waals surface area (Å²) in [5.41, 5.74) is 1.82. The Hall–Kier alpha value is -1.69. The third kappa shape index (κ3) is 7.04. The highest BCUT2D eigenvalue weighted by Crippen LogP contribution is 2.31. The molecule has 0 spiro atoms. The fourth-order valence-electron chi connectivity index (χ4n) is 2.65. The first kappa shape index (κ1) is 22.6. The van der Waals surface area contributed by atoms with E-state index in [2.05, 4.69) is 0 Å². The van der Waals surface area contributed by atoms with Gasteiger partial charge in [-0.2, -0.15) is 0 Å². The van der Waals surface area contributed by atoms with Gasteiger partial charge in [0.25, 0.3) is 0 Å². The van der Waals surface area contributed by atoms with Crippen molar-refractivity contribution < 1.29 is 29.0 Å². The normalized spacial score (nSPS) is 10.5. The molecule has 0 atom stereocenters. The average Bonchev–Trinajstić information content (AvgIpc) is 2.70. The number of carbonyl (C=O) groups is 3. The quantitative estimate of drug-likeness (QED) is 0.197. The van der Waals surface area contributed by atoms with Gasteiger partial charge in [0.05, 0.1) is 8.86 Å². The Bertz CT molecular complexity index is 756. The van der Waals surface area contributed by atoms with Crippen molar-refractivity contribution in [2.45, 2.75) is 18.8 Å². The van der Waals surface area contributed by atoms with E-state index in [1.54, 1.807) is 24.3 Å². The van der Waals surface area contributed by atoms with Crippen molar-refractivity contribution in [3.63, 3.8) is 0 Å². The Morgan fingerprint density at radius 1 is 0.786 bits per heavy atom. The molecule has 2 rings (SSSR count). The van der Waals surface area contributed by atoms with Gasteiger partial charge in [-0.25, -0.2) is 0 Å². The molecule has 0 bridgehead atoms. The van der Waals surface area contributed by atoms with Crippen molar-refractivity contribution in [2.24, 2.45) is 0 Å². The van der Waals surface area contributed by atoms with E-state index in [0.29, 0.717) is 17.9 Å². The summed E-state index contributed by atoms with van der Waals surface area (Å²) in [4.78, 5) is 33.9. The van der Waals surface area contributed by atoms with E-state index in [1.165, 1.54) is 0 Å². The van der Waals surface area contributed by atoms with Crippen molar-refractivity contribution in [1.82, 2.24) is 0 Å². The summed E-state index contributed by atoms with van der Waals surface area (Å²) in [6.07, 6.45) is 0.427. The minimum atomic E-state index is -0.870. The summed E-state index contributed by atoms with van der Waals surface area (Å²) in [5, 5.41) is 9.08. The van der Waals surface area contributed by atoms with E-state index in [1.807, 2.05) is 69.4 Å². The molecule has 0 fully saturated rings. The van der Waals surface area contributed by atoms with E-state index in [9.17, 15) is 14.4 Å². The molecule has 0 amide bonds. The summed E-state index contributed by atoms with van der Waals surface area (Å²) in [5.74, 6) is -0.781. The zero-order valence-corrected chi connectivity index (χ0v) is 19.1. The first-order valence-electron chi connectivity index (χ1n) is 8.38. The van der Waals surface area contributed by atoms with Crippen molar-refractivity contribution >= 4 is 63.1 Å². The van der Waals surface area contributed by atoms with Crippen LogP contribution in [0.2, 0.25) is 0 Å². The highest BCUT2D eigenvalue weighted by atomic mass is 127. The van der Waals surface area contributed by atoms with E-state index in [0.717, 1.165) is 11.1 Å². The molecule has 0 radical (unpaired) electrons. The van der Waals surface area contributed by atoms with Crippen LogP contribution < -0.4 is 9.47 Å². The van der Waals surface area contributed by atoms with E-state index >= 15 is 0 Å². The molecule has 0 heterocycles. The first-order chi connectivity index (χ1) is 13.4. The number of alkyl halides is 2. The number of hydrogen-bond donors (Lipinski definition) is 1. The van der Waals surface area contributed by atoms with E-state index in [-0.39, 0.29) is 33.1 Å². The molecule has 6 nitrogen and oxygen atoms in total. The SMILES string of the molecule is O=C(O)CCC(c1ccc(OC(=O)CI)cc1)c1ccc(OC(=O)CI)cc1. The van der Waals surface area contributed by atoms with Crippen molar-refractivity contribution in [3.8, 4) is 11.5 Å². The van der Waals surface area contributed by atoms with Crippen LogP contribution in [-0.2, 0) is 14.4 Å². The van der Waals surface area contributed by atoms with Gasteiger partial charge in [-0.05, 0) is 41.8 Å². The molecule has 2 aromatic rings. The maximum atomic E-state index is 11.4. The standard InChI is InChI=1S/C20H18I2O6/c21-11-19(25)27-15-5-1-13(2-6-15)17(9-10-18(23)24)14-3-7-16(8-4-14)28-20(26)12-22/h1-8,17H,9-12H2,(H,23,24). The number of hydrogen-bond acceptors (Lipinski definition) is 5.